The summed E-state index contributed by atoms with van der Waals surface area (Å²) in [7, 11) is -4.11. The molecule has 1 rings (SSSR count). The van der Waals surface area contributed by atoms with Gasteiger partial charge >= 0.3 is 5.12 Å². The molecule has 1 heterocycles. The lowest BCUT2D eigenvalue weighted by atomic mass is 10.1. The zero-order valence-corrected chi connectivity index (χ0v) is 8.18. The second kappa shape index (κ2) is 3.40. The van der Waals surface area contributed by atoms with Gasteiger partial charge in [-0.2, -0.15) is 0 Å². The molecule has 1 saturated heterocycles. The summed E-state index contributed by atoms with van der Waals surface area (Å²) < 4.78 is 26.6. The van der Waals surface area contributed by atoms with Crippen molar-refractivity contribution in [3.8, 4) is 0 Å². The van der Waals surface area contributed by atoms with E-state index >= 15 is 0 Å². The van der Waals surface area contributed by atoms with Gasteiger partial charge in [0.25, 0.3) is 0 Å². The second-order valence-electron chi connectivity index (χ2n) is 3.18. The Bertz CT molecular complexity index is 312. The van der Waals surface area contributed by atoms with Crippen molar-refractivity contribution in [2.24, 2.45) is 0 Å². The van der Waals surface area contributed by atoms with Crippen LogP contribution >= 0.6 is 0 Å². The smallest absolute Gasteiger partial charge is 0.301 e. The Balaban J connectivity index is 3.06. The third kappa shape index (κ3) is 1.53. The van der Waals surface area contributed by atoms with Gasteiger partial charge in [0, 0.05) is 6.26 Å². The molecule has 4 atom stereocenters. The summed E-state index contributed by atoms with van der Waals surface area (Å²) in [5.74, 6) is 0. The van der Waals surface area contributed by atoms with Crippen LogP contribution in [0.4, 0.5) is 0 Å². The molecule has 84 valence electrons. The Hall–Kier alpha value is -0.250. The third-order valence-corrected chi connectivity index (χ3v) is 3.51. The van der Waals surface area contributed by atoms with Gasteiger partial charge in [-0.1, -0.05) is 0 Å². The second-order valence-corrected chi connectivity index (χ2v) is 5.31. The number of rotatable bonds is 2. The average Bonchev–Trinajstić information content (AvgIpc) is 2.29. The van der Waals surface area contributed by atoms with Crippen molar-refractivity contribution in [2.75, 3.05) is 12.9 Å². The number of aliphatic hydroxyl groups excluding tert-OH is 3. The number of hydrogen-bond acceptors (Lipinski definition) is 7. The van der Waals surface area contributed by atoms with E-state index in [4.69, 9.17) is 5.11 Å². The molecular weight excluding hydrogens is 216 g/mol. The number of ether oxygens (including phenoxy) is 1. The maximum Gasteiger partial charge on any atom is 0.301 e. The maximum absolute atomic E-state index is 11.0. The highest BCUT2D eigenvalue weighted by molar-refractivity contribution is 7.91. The highest BCUT2D eigenvalue weighted by atomic mass is 32.2. The molecule has 0 radical (unpaired) electrons. The lowest BCUT2D eigenvalue weighted by molar-refractivity contribution is -0.168. The van der Waals surface area contributed by atoms with Crippen molar-refractivity contribution < 1.29 is 33.6 Å². The molecule has 1 unspecified atom stereocenters. The van der Waals surface area contributed by atoms with E-state index in [0.717, 1.165) is 0 Å². The Morgan fingerprint density at radius 3 is 2.14 bits per heavy atom. The maximum atomic E-state index is 11.0. The number of hydrogen-bond donors (Lipinski definition) is 4. The molecule has 0 spiro atoms. The van der Waals surface area contributed by atoms with Crippen LogP contribution in [0, 0.1) is 0 Å². The predicted molar refractivity (Wildman–Crippen MR) is 43.8 cm³/mol. The quantitative estimate of drug-likeness (QED) is 0.392. The van der Waals surface area contributed by atoms with Crippen LogP contribution in [0.15, 0.2) is 0 Å². The molecule has 1 aliphatic heterocycles. The van der Waals surface area contributed by atoms with Crippen LogP contribution < -0.4 is 0 Å². The SMILES string of the molecule is CS(=O)(=O)C1(O)O[C@H](CO)[C@@H](O)[C@H]1O. The molecule has 0 aromatic rings. The molecule has 0 bridgehead atoms. The van der Waals surface area contributed by atoms with E-state index in [1.807, 2.05) is 0 Å². The van der Waals surface area contributed by atoms with Gasteiger partial charge in [0.1, 0.15) is 12.2 Å². The minimum absolute atomic E-state index is 0.655. The highest BCUT2D eigenvalue weighted by Crippen LogP contribution is 2.32. The Labute approximate surface area is 80.5 Å². The van der Waals surface area contributed by atoms with E-state index in [1.54, 1.807) is 0 Å². The van der Waals surface area contributed by atoms with Crippen LogP contribution in [0.25, 0.3) is 0 Å². The average molecular weight is 228 g/mol. The van der Waals surface area contributed by atoms with Gasteiger partial charge in [-0.3, -0.25) is 0 Å². The molecule has 0 saturated carbocycles. The molecule has 0 aromatic carbocycles. The molecule has 8 heteroatoms. The fraction of sp³-hybridized carbons (Fsp3) is 1.00. The van der Waals surface area contributed by atoms with Crippen molar-refractivity contribution in [3.63, 3.8) is 0 Å². The van der Waals surface area contributed by atoms with E-state index in [2.05, 4.69) is 4.74 Å². The van der Waals surface area contributed by atoms with E-state index in [9.17, 15) is 23.7 Å². The van der Waals surface area contributed by atoms with Crippen molar-refractivity contribution >= 4 is 9.84 Å². The van der Waals surface area contributed by atoms with Gasteiger partial charge in [-0.05, 0) is 0 Å². The van der Waals surface area contributed by atoms with E-state index in [0.29, 0.717) is 6.26 Å². The van der Waals surface area contributed by atoms with Crippen molar-refractivity contribution in [3.05, 3.63) is 0 Å². The summed E-state index contributed by atoms with van der Waals surface area (Å²) in [5.41, 5.74) is 0. The van der Waals surface area contributed by atoms with Gasteiger partial charge < -0.3 is 25.2 Å². The lowest BCUT2D eigenvalue weighted by Gasteiger charge is -2.23. The fourth-order valence-corrected chi connectivity index (χ4v) is 2.10. The first-order valence-electron chi connectivity index (χ1n) is 3.81. The van der Waals surface area contributed by atoms with Crippen LogP contribution in [0.5, 0.6) is 0 Å². The minimum atomic E-state index is -4.11. The van der Waals surface area contributed by atoms with Gasteiger partial charge in [-0.15, -0.1) is 0 Å². The topological polar surface area (TPSA) is 124 Å². The standard InChI is InChI=1S/C6H12O7S/c1-14(11,12)6(10)5(9)4(8)3(2-7)13-6/h3-5,7-10H,2H2,1H3/t3-,4-,5-,6?/m1/s1. The van der Waals surface area contributed by atoms with Crippen molar-refractivity contribution in [2.45, 2.75) is 23.4 Å². The molecule has 7 nitrogen and oxygen atoms in total. The van der Waals surface area contributed by atoms with Crippen LogP contribution in [-0.4, -0.2) is 65.1 Å². The summed E-state index contributed by atoms with van der Waals surface area (Å²) >= 11 is 0. The van der Waals surface area contributed by atoms with E-state index in [1.165, 1.54) is 0 Å². The first-order chi connectivity index (χ1) is 6.24. The van der Waals surface area contributed by atoms with Crippen molar-refractivity contribution in [1.82, 2.24) is 0 Å². The molecule has 0 aliphatic carbocycles. The van der Waals surface area contributed by atoms with Crippen molar-refractivity contribution in [1.29, 1.82) is 0 Å². The fourth-order valence-electron chi connectivity index (χ4n) is 1.23. The third-order valence-electron chi connectivity index (χ3n) is 2.11. The minimum Gasteiger partial charge on any atom is -0.394 e. The summed E-state index contributed by atoms with van der Waals surface area (Å²) in [6, 6.07) is 0. The molecule has 4 N–H and O–H groups in total. The first kappa shape index (κ1) is 11.8. The Morgan fingerprint density at radius 2 is 1.93 bits per heavy atom. The van der Waals surface area contributed by atoms with Gasteiger partial charge in [0.15, 0.2) is 6.10 Å². The van der Waals surface area contributed by atoms with Gasteiger partial charge in [-0.25, -0.2) is 8.42 Å². The zero-order chi connectivity index (χ0) is 11.1. The summed E-state index contributed by atoms with van der Waals surface area (Å²) in [6.07, 6.45) is -4.29. The van der Waals surface area contributed by atoms with Crippen LogP contribution in [0.1, 0.15) is 0 Å². The van der Waals surface area contributed by atoms with Gasteiger partial charge in [0.2, 0.25) is 9.84 Å². The summed E-state index contributed by atoms with van der Waals surface area (Å²) in [4.78, 5) is 0. The molecule has 0 amide bonds. The monoisotopic (exact) mass is 228 g/mol. The van der Waals surface area contributed by atoms with Crippen LogP contribution in [-0.2, 0) is 14.6 Å². The normalized spacial score (nSPS) is 44.2. The predicted octanol–water partition coefficient (Wildman–Crippen LogP) is -3.21. The van der Waals surface area contributed by atoms with Gasteiger partial charge in [0.05, 0.1) is 6.61 Å². The molecule has 1 fully saturated rings. The summed E-state index contributed by atoms with van der Waals surface area (Å²) in [5, 5.41) is 33.7. The molecule has 14 heavy (non-hydrogen) atoms. The first-order valence-corrected chi connectivity index (χ1v) is 5.70. The number of sulfone groups is 1. The Morgan fingerprint density at radius 1 is 1.43 bits per heavy atom. The lowest BCUT2D eigenvalue weighted by Crippen LogP contribution is -2.49. The molecule has 1 aliphatic rings. The molecule has 0 aromatic heterocycles. The highest BCUT2D eigenvalue weighted by Gasteiger charge is 2.59. The number of aliphatic hydroxyl groups is 4. The Kier molecular flexibility index (Phi) is 2.87. The van der Waals surface area contributed by atoms with Crippen LogP contribution in [0.2, 0.25) is 0 Å². The van der Waals surface area contributed by atoms with E-state index < -0.39 is 39.9 Å². The largest absolute Gasteiger partial charge is 0.394 e. The van der Waals surface area contributed by atoms with Crippen LogP contribution in [0.3, 0.4) is 0 Å². The summed E-state index contributed by atoms with van der Waals surface area (Å²) in [6.45, 7) is -0.698. The zero-order valence-electron chi connectivity index (χ0n) is 7.36. The molecular formula is C6H12O7S. The van der Waals surface area contributed by atoms with E-state index in [-0.39, 0.29) is 0 Å².